The molecule has 0 saturated carbocycles. The van der Waals surface area contributed by atoms with Crippen molar-refractivity contribution in [1.82, 2.24) is 4.90 Å². The molecule has 3 rings (SSSR count). The van der Waals surface area contributed by atoms with Crippen LogP contribution >= 0.6 is 12.4 Å². The Bertz CT molecular complexity index is 721. The Morgan fingerprint density at radius 2 is 1.75 bits per heavy atom. The Kier molecular flexibility index (Phi) is 4.33. The van der Waals surface area contributed by atoms with Crippen LogP contribution in [0.4, 0.5) is 0 Å². The van der Waals surface area contributed by atoms with Gasteiger partial charge in [0.05, 0.1) is 6.10 Å². The number of nitrogens with zero attached hydrogens (tertiary/aromatic N) is 1. The number of hydrogen-bond acceptors (Lipinski definition) is 3. The van der Waals surface area contributed by atoms with E-state index in [9.17, 15) is 5.11 Å². The van der Waals surface area contributed by atoms with Crippen molar-refractivity contribution in [1.29, 1.82) is 0 Å². The summed E-state index contributed by atoms with van der Waals surface area (Å²) in [5.74, 6) is 0. The molecule has 0 aliphatic rings. The van der Waals surface area contributed by atoms with Gasteiger partial charge in [-0.05, 0) is 31.8 Å². The minimum absolute atomic E-state index is 0. The van der Waals surface area contributed by atoms with Crippen LogP contribution in [0.15, 0.2) is 46.9 Å². The van der Waals surface area contributed by atoms with Crippen molar-refractivity contribution in [3.63, 3.8) is 0 Å². The highest BCUT2D eigenvalue weighted by Crippen LogP contribution is 2.30. The number of aliphatic hydroxyl groups is 1. The van der Waals surface area contributed by atoms with Crippen molar-refractivity contribution in [3.05, 3.63) is 48.0 Å². The average molecular weight is 292 g/mol. The normalized spacial score (nSPS) is 12.8. The van der Waals surface area contributed by atoms with E-state index in [0.717, 1.165) is 27.5 Å². The van der Waals surface area contributed by atoms with E-state index in [-0.39, 0.29) is 12.4 Å². The number of likely N-dealkylation sites (N-methyl/N-ethyl adjacent to an activating group) is 1. The monoisotopic (exact) mass is 291 g/mol. The molecule has 20 heavy (non-hydrogen) atoms. The van der Waals surface area contributed by atoms with Gasteiger partial charge in [-0.15, -0.1) is 12.4 Å². The smallest absolute Gasteiger partial charge is 0.135 e. The van der Waals surface area contributed by atoms with E-state index in [2.05, 4.69) is 6.07 Å². The summed E-state index contributed by atoms with van der Waals surface area (Å²) >= 11 is 0. The summed E-state index contributed by atoms with van der Waals surface area (Å²) in [6.07, 6.45) is -0.493. The molecule has 0 fully saturated rings. The highest BCUT2D eigenvalue weighted by molar-refractivity contribution is 6.04. The van der Waals surface area contributed by atoms with E-state index in [1.165, 1.54) is 0 Å². The molecule has 0 aliphatic carbocycles. The molecule has 0 aliphatic heterocycles. The van der Waals surface area contributed by atoms with Crippen LogP contribution in [0.2, 0.25) is 0 Å². The first kappa shape index (κ1) is 14.9. The van der Waals surface area contributed by atoms with Crippen LogP contribution in [0.25, 0.3) is 21.9 Å². The third-order valence-corrected chi connectivity index (χ3v) is 3.33. The molecule has 0 bridgehead atoms. The second kappa shape index (κ2) is 5.83. The molecular formula is C16H18ClNO2. The van der Waals surface area contributed by atoms with E-state index in [1.807, 2.05) is 55.4 Å². The summed E-state index contributed by atoms with van der Waals surface area (Å²) < 4.78 is 5.82. The molecule has 2 aromatic carbocycles. The minimum atomic E-state index is -0.493. The van der Waals surface area contributed by atoms with Crippen LogP contribution in [0, 0.1) is 0 Å². The standard InChI is InChI=1S/C16H17NO2.ClH/c1-17(2)10-14(18)11-7-8-13-12-5-3-4-6-15(12)19-16(13)9-11;/h3-9,14,18H,10H2,1-2H3;1H. The van der Waals surface area contributed by atoms with Crippen molar-refractivity contribution in [2.45, 2.75) is 6.10 Å². The average Bonchev–Trinajstić information content (AvgIpc) is 2.75. The number of furan rings is 1. The Hall–Kier alpha value is -1.55. The van der Waals surface area contributed by atoms with Gasteiger partial charge in [0.15, 0.2) is 0 Å². The number of benzene rings is 2. The van der Waals surface area contributed by atoms with E-state index < -0.39 is 6.10 Å². The second-order valence-corrected chi connectivity index (χ2v) is 5.13. The zero-order valence-corrected chi connectivity index (χ0v) is 12.4. The Balaban J connectivity index is 0.00000147. The molecule has 1 heterocycles. The lowest BCUT2D eigenvalue weighted by molar-refractivity contribution is 0.138. The fourth-order valence-corrected chi connectivity index (χ4v) is 2.40. The molecular weight excluding hydrogens is 274 g/mol. The molecule has 1 aromatic heterocycles. The number of para-hydroxylation sites is 1. The molecule has 1 atom stereocenters. The summed E-state index contributed by atoms with van der Waals surface area (Å²) in [5.41, 5.74) is 2.61. The Morgan fingerprint density at radius 1 is 1.05 bits per heavy atom. The van der Waals surface area contributed by atoms with Gasteiger partial charge in [-0.3, -0.25) is 0 Å². The van der Waals surface area contributed by atoms with Crippen LogP contribution in [0.3, 0.4) is 0 Å². The molecule has 0 saturated heterocycles. The predicted octanol–water partition coefficient (Wildman–Crippen LogP) is 3.60. The highest BCUT2D eigenvalue weighted by Gasteiger charge is 2.12. The third-order valence-electron chi connectivity index (χ3n) is 3.33. The number of hydrogen-bond donors (Lipinski definition) is 1. The van der Waals surface area contributed by atoms with Crippen LogP contribution in [-0.2, 0) is 0 Å². The Labute approximate surface area is 124 Å². The second-order valence-electron chi connectivity index (χ2n) is 5.13. The number of rotatable bonds is 3. The van der Waals surface area contributed by atoms with Gasteiger partial charge in [0.2, 0.25) is 0 Å². The van der Waals surface area contributed by atoms with E-state index in [4.69, 9.17) is 4.42 Å². The first-order valence-corrected chi connectivity index (χ1v) is 6.39. The topological polar surface area (TPSA) is 36.6 Å². The number of halogens is 1. The van der Waals surface area contributed by atoms with Gasteiger partial charge in [0.1, 0.15) is 11.2 Å². The van der Waals surface area contributed by atoms with Crippen molar-refractivity contribution >= 4 is 34.3 Å². The molecule has 3 nitrogen and oxygen atoms in total. The molecule has 0 amide bonds. The SMILES string of the molecule is CN(C)CC(O)c1ccc2c(c1)oc1ccccc12.Cl. The summed E-state index contributed by atoms with van der Waals surface area (Å²) in [4.78, 5) is 1.97. The summed E-state index contributed by atoms with van der Waals surface area (Å²) in [6, 6.07) is 13.9. The lowest BCUT2D eigenvalue weighted by Crippen LogP contribution is -2.19. The first-order valence-electron chi connectivity index (χ1n) is 6.39. The number of fused-ring (bicyclic) bond motifs is 3. The molecule has 1 N–H and O–H groups in total. The van der Waals surface area contributed by atoms with Gasteiger partial charge >= 0.3 is 0 Å². The van der Waals surface area contributed by atoms with E-state index >= 15 is 0 Å². The molecule has 106 valence electrons. The van der Waals surface area contributed by atoms with Gasteiger partial charge in [0, 0.05) is 17.3 Å². The fourth-order valence-electron chi connectivity index (χ4n) is 2.40. The van der Waals surface area contributed by atoms with Crippen LogP contribution in [-0.4, -0.2) is 30.6 Å². The van der Waals surface area contributed by atoms with Gasteiger partial charge in [-0.1, -0.05) is 30.3 Å². The molecule has 0 spiro atoms. The largest absolute Gasteiger partial charge is 0.456 e. The maximum absolute atomic E-state index is 10.1. The van der Waals surface area contributed by atoms with Crippen LogP contribution in [0.1, 0.15) is 11.7 Å². The van der Waals surface area contributed by atoms with Gasteiger partial charge in [-0.2, -0.15) is 0 Å². The van der Waals surface area contributed by atoms with Crippen molar-refractivity contribution in [2.24, 2.45) is 0 Å². The lowest BCUT2D eigenvalue weighted by atomic mass is 10.1. The van der Waals surface area contributed by atoms with Gasteiger partial charge in [-0.25, -0.2) is 0 Å². The maximum Gasteiger partial charge on any atom is 0.135 e. The zero-order chi connectivity index (χ0) is 13.4. The summed E-state index contributed by atoms with van der Waals surface area (Å²) in [5, 5.41) is 12.4. The zero-order valence-electron chi connectivity index (χ0n) is 11.5. The Morgan fingerprint density at radius 3 is 2.50 bits per heavy atom. The quantitative estimate of drug-likeness (QED) is 0.801. The molecule has 0 radical (unpaired) electrons. The molecule has 4 heteroatoms. The summed E-state index contributed by atoms with van der Waals surface area (Å²) in [7, 11) is 3.89. The summed E-state index contributed by atoms with van der Waals surface area (Å²) in [6.45, 7) is 0.603. The number of aliphatic hydroxyl groups excluding tert-OH is 1. The third kappa shape index (κ3) is 2.66. The minimum Gasteiger partial charge on any atom is -0.456 e. The van der Waals surface area contributed by atoms with Crippen molar-refractivity contribution in [3.8, 4) is 0 Å². The first-order chi connectivity index (χ1) is 9.15. The lowest BCUT2D eigenvalue weighted by Gasteiger charge is -2.15. The van der Waals surface area contributed by atoms with E-state index in [0.29, 0.717) is 6.54 Å². The predicted molar refractivity (Wildman–Crippen MR) is 84.5 cm³/mol. The van der Waals surface area contributed by atoms with Gasteiger partial charge < -0.3 is 14.4 Å². The maximum atomic E-state index is 10.1. The van der Waals surface area contributed by atoms with Crippen LogP contribution < -0.4 is 0 Å². The van der Waals surface area contributed by atoms with Gasteiger partial charge in [0.25, 0.3) is 0 Å². The molecule has 3 aromatic rings. The highest BCUT2D eigenvalue weighted by atomic mass is 35.5. The van der Waals surface area contributed by atoms with Crippen molar-refractivity contribution in [2.75, 3.05) is 20.6 Å². The van der Waals surface area contributed by atoms with Crippen molar-refractivity contribution < 1.29 is 9.52 Å². The molecule has 1 unspecified atom stereocenters. The van der Waals surface area contributed by atoms with E-state index in [1.54, 1.807) is 0 Å². The fraction of sp³-hybridized carbons (Fsp3) is 0.250. The van der Waals surface area contributed by atoms with Crippen LogP contribution in [0.5, 0.6) is 0 Å².